The molecular formula is C16H33IN4O3. The normalized spacial score (nSPS) is 15.5. The fourth-order valence-electron chi connectivity index (χ4n) is 2.50. The van der Waals surface area contributed by atoms with E-state index < -0.39 is 0 Å². The van der Waals surface area contributed by atoms with E-state index in [4.69, 9.17) is 9.47 Å². The van der Waals surface area contributed by atoms with E-state index >= 15 is 0 Å². The first-order valence-electron chi connectivity index (χ1n) is 8.58. The van der Waals surface area contributed by atoms with Crippen molar-refractivity contribution < 1.29 is 14.3 Å². The summed E-state index contributed by atoms with van der Waals surface area (Å²) in [5.41, 5.74) is 0. The number of carbonyl (C=O) groups is 1. The molecule has 0 unspecified atom stereocenters. The summed E-state index contributed by atoms with van der Waals surface area (Å²) in [7, 11) is 3.30. The number of methoxy groups -OCH3 is 1. The van der Waals surface area contributed by atoms with E-state index in [0.29, 0.717) is 25.2 Å². The highest BCUT2D eigenvalue weighted by Crippen LogP contribution is 2.20. The molecule has 1 aliphatic carbocycles. The van der Waals surface area contributed by atoms with Gasteiger partial charge in [0.2, 0.25) is 5.91 Å². The number of hydrogen-bond donors (Lipinski definition) is 3. The molecule has 3 N–H and O–H groups in total. The van der Waals surface area contributed by atoms with E-state index in [0.717, 1.165) is 19.6 Å². The van der Waals surface area contributed by atoms with Crippen LogP contribution in [-0.2, 0) is 14.3 Å². The Bertz CT molecular complexity index is 350. The van der Waals surface area contributed by atoms with E-state index in [9.17, 15) is 4.79 Å². The highest BCUT2D eigenvalue weighted by atomic mass is 127. The van der Waals surface area contributed by atoms with Crippen LogP contribution in [0.1, 0.15) is 38.5 Å². The average molecular weight is 456 g/mol. The lowest BCUT2D eigenvalue weighted by Crippen LogP contribution is -2.44. The van der Waals surface area contributed by atoms with Crippen molar-refractivity contribution in [3.05, 3.63) is 0 Å². The van der Waals surface area contributed by atoms with E-state index in [1.807, 2.05) is 0 Å². The quantitative estimate of drug-likeness (QED) is 0.200. The largest absolute Gasteiger partial charge is 0.383 e. The van der Waals surface area contributed by atoms with Gasteiger partial charge in [-0.15, -0.1) is 24.0 Å². The number of amides is 1. The molecule has 0 aromatic carbocycles. The Morgan fingerprint density at radius 3 is 2.50 bits per heavy atom. The van der Waals surface area contributed by atoms with Gasteiger partial charge in [-0.3, -0.25) is 9.79 Å². The molecule has 0 aliphatic heterocycles. The Morgan fingerprint density at radius 1 is 1.08 bits per heavy atom. The van der Waals surface area contributed by atoms with Crippen molar-refractivity contribution in [1.29, 1.82) is 0 Å². The van der Waals surface area contributed by atoms with Crippen LogP contribution in [0.3, 0.4) is 0 Å². The molecule has 1 saturated carbocycles. The summed E-state index contributed by atoms with van der Waals surface area (Å²) in [4.78, 5) is 15.7. The third kappa shape index (κ3) is 11.9. The zero-order valence-electron chi connectivity index (χ0n) is 14.9. The highest BCUT2D eigenvalue weighted by Gasteiger charge is 2.13. The minimum atomic E-state index is -0.0781. The fourth-order valence-corrected chi connectivity index (χ4v) is 2.50. The second kappa shape index (κ2) is 15.9. The average Bonchev–Trinajstić information content (AvgIpc) is 2.58. The summed E-state index contributed by atoms with van der Waals surface area (Å²) in [5.74, 6) is 0.551. The van der Waals surface area contributed by atoms with Crippen LogP contribution in [0.4, 0.5) is 0 Å². The van der Waals surface area contributed by atoms with Gasteiger partial charge in [0.15, 0.2) is 5.96 Å². The molecule has 142 valence electrons. The molecule has 1 aliphatic rings. The molecule has 1 rings (SSSR count). The van der Waals surface area contributed by atoms with Crippen LogP contribution < -0.4 is 16.0 Å². The fraction of sp³-hybridized carbons (Fsp3) is 0.875. The second-order valence-electron chi connectivity index (χ2n) is 5.68. The molecule has 1 fully saturated rings. The Hall–Kier alpha value is -0.610. The number of aliphatic imine (C=N–C) groups is 1. The van der Waals surface area contributed by atoms with Gasteiger partial charge in [-0.25, -0.2) is 0 Å². The van der Waals surface area contributed by atoms with Crippen molar-refractivity contribution >= 4 is 35.8 Å². The van der Waals surface area contributed by atoms with Crippen LogP contribution in [-0.4, -0.2) is 65.0 Å². The van der Waals surface area contributed by atoms with Gasteiger partial charge in [-0.05, 0) is 19.3 Å². The lowest BCUT2D eigenvalue weighted by molar-refractivity contribution is -0.120. The van der Waals surface area contributed by atoms with Crippen LogP contribution in [0.2, 0.25) is 0 Å². The standard InChI is InChI=1S/C16H32N4O3.HI/c1-17-16(20-13-15(21)18-10-12-22-2)19-9-6-11-23-14-7-4-3-5-8-14;/h14H,3-13H2,1-2H3,(H,18,21)(H2,17,19,20);1H. The first-order valence-corrected chi connectivity index (χ1v) is 8.58. The molecule has 0 aromatic rings. The Kier molecular flexibility index (Phi) is 15.5. The predicted molar refractivity (Wildman–Crippen MR) is 107 cm³/mol. The van der Waals surface area contributed by atoms with Gasteiger partial charge in [-0.2, -0.15) is 0 Å². The minimum absolute atomic E-state index is 0. The van der Waals surface area contributed by atoms with Gasteiger partial charge in [0.25, 0.3) is 0 Å². The van der Waals surface area contributed by atoms with Crippen molar-refractivity contribution in [2.75, 3.05) is 47.0 Å². The van der Waals surface area contributed by atoms with Gasteiger partial charge in [0.05, 0.1) is 19.3 Å². The van der Waals surface area contributed by atoms with Crippen LogP contribution in [0.15, 0.2) is 4.99 Å². The Labute approximate surface area is 162 Å². The number of nitrogens with zero attached hydrogens (tertiary/aromatic N) is 1. The first-order chi connectivity index (χ1) is 11.3. The second-order valence-corrected chi connectivity index (χ2v) is 5.68. The predicted octanol–water partition coefficient (Wildman–Crippen LogP) is 1.27. The summed E-state index contributed by atoms with van der Waals surface area (Å²) in [6, 6.07) is 0. The van der Waals surface area contributed by atoms with Gasteiger partial charge in [0.1, 0.15) is 0 Å². The molecule has 7 nitrogen and oxygen atoms in total. The third-order valence-electron chi connectivity index (χ3n) is 3.79. The van der Waals surface area contributed by atoms with Crippen molar-refractivity contribution in [3.63, 3.8) is 0 Å². The molecule has 0 aromatic heterocycles. The molecule has 0 radical (unpaired) electrons. The number of rotatable bonds is 10. The number of nitrogens with one attached hydrogen (secondary N) is 3. The van der Waals surface area contributed by atoms with Crippen molar-refractivity contribution in [2.45, 2.75) is 44.6 Å². The molecule has 24 heavy (non-hydrogen) atoms. The van der Waals surface area contributed by atoms with Gasteiger partial charge in [-0.1, -0.05) is 19.3 Å². The maximum atomic E-state index is 11.6. The number of halogens is 1. The van der Waals surface area contributed by atoms with Gasteiger partial charge < -0.3 is 25.4 Å². The zero-order valence-corrected chi connectivity index (χ0v) is 17.3. The molecule has 0 heterocycles. The maximum absolute atomic E-state index is 11.6. The summed E-state index contributed by atoms with van der Waals surface area (Å²) in [5, 5.41) is 8.91. The molecule has 1 amide bonds. The van der Waals surface area contributed by atoms with Crippen molar-refractivity contribution in [2.24, 2.45) is 4.99 Å². The molecule has 0 saturated heterocycles. The van der Waals surface area contributed by atoms with Crippen LogP contribution >= 0.6 is 24.0 Å². The Morgan fingerprint density at radius 2 is 1.83 bits per heavy atom. The van der Waals surface area contributed by atoms with Crippen molar-refractivity contribution in [1.82, 2.24) is 16.0 Å². The maximum Gasteiger partial charge on any atom is 0.239 e. The zero-order chi connectivity index (χ0) is 16.8. The molecule has 8 heteroatoms. The van der Waals surface area contributed by atoms with E-state index in [1.54, 1.807) is 14.2 Å². The lowest BCUT2D eigenvalue weighted by Gasteiger charge is -2.22. The van der Waals surface area contributed by atoms with Crippen LogP contribution in [0.5, 0.6) is 0 Å². The number of carbonyl (C=O) groups excluding carboxylic acids is 1. The van der Waals surface area contributed by atoms with Crippen LogP contribution in [0, 0.1) is 0 Å². The number of hydrogen-bond acceptors (Lipinski definition) is 4. The summed E-state index contributed by atoms with van der Waals surface area (Å²) in [6.07, 6.45) is 7.73. The lowest BCUT2D eigenvalue weighted by atomic mass is 9.98. The summed E-state index contributed by atoms with van der Waals surface area (Å²) < 4.78 is 10.8. The monoisotopic (exact) mass is 456 g/mol. The molecular weight excluding hydrogens is 423 g/mol. The Balaban J connectivity index is 0.00000529. The molecule has 0 spiro atoms. The topological polar surface area (TPSA) is 84.0 Å². The van der Waals surface area contributed by atoms with Crippen LogP contribution in [0.25, 0.3) is 0 Å². The first kappa shape index (κ1) is 23.4. The molecule has 0 atom stereocenters. The summed E-state index contributed by atoms with van der Waals surface area (Å²) >= 11 is 0. The highest BCUT2D eigenvalue weighted by molar-refractivity contribution is 14.0. The molecule has 0 bridgehead atoms. The van der Waals surface area contributed by atoms with Gasteiger partial charge in [0, 0.05) is 33.9 Å². The number of ether oxygens (including phenoxy) is 2. The van der Waals surface area contributed by atoms with Crippen molar-refractivity contribution in [3.8, 4) is 0 Å². The van der Waals surface area contributed by atoms with Gasteiger partial charge >= 0.3 is 0 Å². The smallest absolute Gasteiger partial charge is 0.239 e. The SMILES string of the molecule is CN=C(NCCCOC1CCCCC1)NCC(=O)NCCOC.I. The minimum Gasteiger partial charge on any atom is -0.383 e. The number of guanidine groups is 1. The van der Waals surface area contributed by atoms with E-state index in [-0.39, 0.29) is 36.4 Å². The summed E-state index contributed by atoms with van der Waals surface area (Å²) in [6.45, 7) is 2.77. The van der Waals surface area contributed by atoms with E-state index in [2.05, 4.69) is 20.9 Å². The third-order valence-corrected chi connectivity index (χ3v) is 3.79. The van der Waals surface area contributed by atoms with E-state index in [1.165, 1.54) is 32.1 Å².